The number of para-hydroxylation sites is 2. The number of nitro benzene ring substituents is 1. The van der Waals surface area contributed by atoms with Crippen molar-refractivity contribution in [2.24, 2.45) is 0 Å². The highest BCUT2D eigenvalue weighted by Crippen LogP contribution is 2.38. The van der Waals surface area contributed by atoms with Gasteiger partial charge in [-0.3, -0.25) is 14.9 Å². The molecular formula is C25H19Cl2N3O5. The minimum atomic E-state index is -0.810. The Labute approximate surface area is 211 Å². The first-order valence-electron chi connectivity index (χ1n) is 10.3. The number of ether oxygens (including phenoxy) is 2. The van der Waals surface area contributed by atoms with Gasteiger partial charge in [0.25, 0.3) is 11.6 Å². The molecular weight excluding hydrogens is 493 g/mol. The van der Waals surface area contributed by atoms with Crippen molar-refractivity contribution < 1.29 is 19.2 Å². The number of anilines is 1. The molecule has 0 fully saturated rings. The van der Waals surface area contributed by atoms with Gasteiger partial charge >= 0.3 is 0 Å². The van der Waals surface area contributed by atoms with Crippen molar-refractivity contribution in [1.82, 2.24) is 0 Å². The fraction of sp³-hybridized carbons (Fsp3) is 0.120. The topological polar surface area (TPSA) is 114 Å². The summed E-state index contributed by atoms with van der Waals surface area (Å²) in [6, 6.07) is 17.7. The Morgan fingerprint density at radius 3 is 2.51 bits per heavy atom. The number of hydrogen-bond acceptors (Lipinski definition) is 6. The van der Waals surface area contributed by atoms with E-state index in [1.54, 1.807) is 19.1 Å². The van der Waals surface area contributed by atoms with Crippen LogP contribution in [-0.2, 0) is 11.4 Å². The number of carbonyl (C=O) groups is 1. The van der Waals surface area contributed by atoms with Gasteiger partial charge in [0.15, 0.2) is 11.5 Å². The molecule has 3 aromatic carbocycles. The normalized spacial score (nSPS) is 10.9. The van der Waals surface area contributed by atoms with Crippen LogP contribution in [0.2, 0.25) is 10.0 Å². The molecule has 10 heteroatoms. The van der Waals surface area contributed by atoms with Gasteiger partial charge in [-0.15, -0.1) is 0 Å². The van der Waals surface area contributed by atoms with Crippen molar-refractivity contribution in [1.29, 1.82) is 5.26 Å². The SMILES string of the molecule is CCOc1cc(C=C(C#N)C(=O)Nc2ccccc2[N+](=O)[O-])cc(Cl)c1OCc1ccccc1Cl. The summed E-state index contributed by atoms with van der Waals surface area (Å²) in [5, 5.41) is 23.9. The maximum atomic E-state index is 12.7. The van der Waals surface area contributed by atoms with E-state index in [0.29, 0.717) is 22.9 Å². The highest BCUT2D eigenvalue weighted by Gasteiger charge is 2.18. The number of carbonyl (C=O) groups excluding carboxylic acids is 1. The van der Waals surface area contributed by atoms with Crippen LogP contribution in [0.25, 0.3) is 6.08 Å². The molecule has 0 bridgehead atoms. The van der Waals surface area contributed by atoms with Crippen LogP contribution in [0, 0.1) is 21.4 Å². The van der Waals surface area contributed by atoms with E-state index in [1.807, 2.05) is 24.3 Å². The van der Waals surface area contributed by atoms with E-state index in [1.165, 1.54) is 36.4 Å². The Bertz CT molecular complexity index is 1330. The molecule has 8 nitrogen and oxygen atoms in total. The van der Waals surface area contributed by atoms with Crippen molar-refractivity contribution in [2.45, 2.75) is 13.5 Å². The zero-order valence-electron chi connectivity index (χ0n) is 18.5. The molecule has 0 aliphatic rings. The molecule has 0 aromatic heterocycles. The third-order valence-corrected chi connectivity index (χ3v) is 5.34. The van der Waals surface area contributed by atoms with Gasteiger partial charge in [-0.25, -0.2) is 0 Å². The monoisotopic (exact) mass is 511 g/mol. The third-order valence-electron chi connectivity index (χ3n) is 4.69. The second-order valence-corrected chi connectivity index (χ2v) is 7.86. The molecule has 0 spiro atoms. The Kier molecular flexibility index (Phi) is 8.68. The van der Waals surface area contributed by atoms with E-state index < -0.39 is 10.8 Å². The maximum Gasteiger partial charge on any atom is 0.292 e. The number of nitrogens with one attached hydrogen (secondary N) is 1. The van der Waals surface area contributed by atoms with Crippen molar-refractivity contribution in [3.05, 3.63) is 97.5 Å². The predicted molar refractivity (Wildman–Crippen MR) is 134 cm³/mol. The van der Waals surface area contributed by atoms with Crippen LogP contribution in [0.5, 0.6) is 11.5 Å². The van der Waals surface area contributed by atoms with Crippen molar-refractivity contribution >= 4 is 46.6 Å². The molecule has 35 heavy (non-hydrogen) atoms. The summed E-state index contributed by atoms with van der Waals surface area (Å²) in [4.78, 5) is 23.2. The van der Waals surface area contributed by atoms with Gasteiger partial charge in [0, 0.05) is 16.7 Å². The van der Waals surface area contributed by atoms with Crippen LogP contribution in [0.1, 0.15) is 18.1 Å². The van der Waals surface area contributed by atoms with Gasteiger partial charge in [-0.2, -0.15) is 5.26 Å². The molecule has 178 valence electrons. The summed E-state index contributed by atoms with van der Waals surface area (Å²) in [5.41, 5.74) is 0.555. The lowest BCUT2D eigenvalue weighted by molar-refractivity contribution is -0.383. The van der Waals surface area contributed by atoms with Crippen LogP contribution in [0.4, 0.5) is 11.4 Å². The lowest BCUT2D eigenvalue weighted by Crippen LogP contribution is -2.14. The molecule has 1 N–H and O–H groups in total. The zero-order valence-corrected chi connectivity index (χ0v) is 20.0. The Balaban J connectivity index is 1.88. The molecule has 0 aliphatic carbocycles. The molecule has 0 atom stereocenters. The summed E-state index contributed by atoms with van der Waals surface area (Å²) in [6.45, 7) is 2.25. The number of benzene rings is 3. The summed E-state index contributed by atoms with van der Waals surface area (Å²) >= 11 is 12.6. The molecule has 0 radical (unpaired) electrons. The summed E-state index contributed by atoms with van der Waals surface area (Å²) in [7, 11) is 0. The van der Waals surface area contributed by atoms with Crippen LogP contribution < -0.4 is 14.8 Å². The maximum absolute atomic E-state index is 12.7. The Hall–Kier alpha value is -4.06. The van der Waals surface area contributed by atoms with Crippen LogP contribution in [0.3, 0.4) is 0 Å². The number of hydrogen-bond donors (Lipinski definition) is 1. The largest absolute Gasteiger partial charge is 0.490 e. The quantitative estimate of drug-likeness (QED) is 0.153. The number of nitrogens with zero attached hydrogens (tertiary/aromatic N) is 2. The van der Waals surface area contributed by atoms with E-state index in [0.717, 1.165) is 5.56 Å². The number of amides is 1. The number of halogens is 2. The fourth-order valence-electron chi connectivity index (χ4n) is 3.08. The lowest BCUT2D eigenvalue weighted by atomic mass is 10.1. The minimum absolute atomic E-state index is 0.0278. The lowest BCUT2D eigenvalue weighted by Gasteiger charge is -2.15. The smallest absolute Gasteiger partial charge is 0.292 e. The third kappa shape index (κ3) is 6.51. The molecule has 3 rings (SSSR count). The van der Waals surface area contributed by atoms with Crippen LogP contribution in [-0.4, -0.2) is 17.4 Å². The van der Waals surface area contributed by atoms with Gasteiger partial charge in [-0.1, -0.05) is 53.5 Å². The molecule has 1 amide bonds. The first kappa shape index (κ1) is 25.6. The standard InChI is InChI=1S/C25H19Cl2N3O5/c1-2-34-23-13-16(12-20(27)24(23)35-15-17-7-3-4-8-19(17)26)11-18(14-28)25(31)29-21-9-5-6-10-22(21)30(32)33/h3-13H,2,15H2,1H3,(H,29,31). The van der Waals surface area contributed by atoms with Crippen LogP contribution in [0.15, 0.2) is 66.2 Å². The fourth-order valence-corrected chi connectivity index (χ4v) is 3.55. The summed E-state index contributed by atoms with van der Waals surface area (Å²) < 4.78 is 11.5. The number of nitriles is 1. The van der Waals surface area contributed by atoms with Gasteiger partial charge < -0.3 is 14.8 Å². The number of rotatable bonds is 9. The molecule has 0 aliphatic heterocycles. The first-order chi connectivity index (χ1) is 16.8. The van der Waals surface area contributed by atoms with Crippen molar-refractivity contribution in [2.75, 3.05) is 11.9 Å². The van der Waals surface area contributed by atoms with E-state index >= 15 is 0 Å². The molecule has 0 saturated heterocycles. The van der Waals surface area contributed by atoms with E-state index in [9.17, 15) is 20.2 Å². The van der Waals surface area contributed by atoms with E-state index in [2.05, 4.69) is 5.32 Å². The van der Waals surface area contributed by atoms with Crippen LogP contribution >= 0.6 is 23.2 Å². The average Bonchev–Trinajstić information content (AvgIpc) is 2.83. The highest BCUT2D eigenvalue weighted by molar-refractivity contribution is 6.32. The summed E-state index contributed by atoms with van der Waals surface area (Å²) in [6.07, 6.45) is 1.30. The van der Waals surface area contributed by atoms with Gasteiger partial charge in [-0.05, 0) is 42.8 Å². The summed E-state index contributed by atoms with van der Waals surface area (Å²) in [5.74, 6) is -0.210. The molecule has 0 heterocycles. The minimum Gasteiger partial charge on any atom is -0.490 e. The first-order valence-corrected chi connectivity index (χ1v) is 11.1. The molecule has 3 aromatic rings. The molecule has 0 unspecified atom stereocenters. The number of nitro groups is 1. The van der Waals surface area contributed by atoms with Crippen molar-refractivity contribution in [3.63, 3.8) is 0 Å². The van der Waals surface area contributed by atoms with E-state index in [-0.39, 0.29) is 34.3 Å². The van der Waals surface area contributed by atoms with Gasteiger partial charge in [0.2, 0.25) is 0 Å². The molecule has 0 saturated carbocycles. The Morgan fingerprint density at radius 2 is 1.83 bits per heavy atom. The van der Waals surface area contributed by atoms with Gasteiger partial charge in [0.05, 0.1) is 16.6 Å². The van der Waals surface area contributed by atoms with Crippen molar-refractivity contribution in [3.8, 4) is 17.6 Å². The predicted octanol–water partition coefficient (Wildman–Crippen LogP) is 6.42. The average molecular weight is 512 g/mol. The highest BCUT2D eigenvalue weighted by atomic mass is 35.5. The zero-order chi connectivity index (χ0) is 25.4. The van der Waals surface area contributed by atoms with Gasteiger partial charge in [0.1, 0.15) is 23.9 Å². The second kappa shape index (κ2) is 11.9. The van der Waals surface area contributed by atoms with E-state index in [4.69, 9.17) is 32.7 Å². The second-order valence-electron chi connectivity index (χ2n) is 7.04. The Morgan fingerprint density at radius 1 is 1.11 bits per heavy atom.